The number of hydrogen-bond acceptors (Lipinski definition) is 3. The Hall–Kier alpha value is -0.570. The summed E-state index contributed by atoms with van der Waals surface area (Å²) < 4.78 is 5.39. The molecule has 0 aliphatic heterocycles. The molecule has 0 bridgehead atoms. The number of ether oxygens (including phenoxy) is 1. The van der Waals surface area contributed by atoms with Gasteiger partial charge in [-0.2, -0.15) is 0 Å². The van der Waals surface area contributed by atoms with Gasteiger partial charge in [-0.15, -0.1) is 0 Å². The summed E-state index contributed by atoms with van der Waals surface area (Å²) in [6.07, 6.45) is 9.18. The van der Waals surface area contributed by atoms with Crippen LogP contribution in [0.2, 0.25) is 0 Å². The molecule has 19 heavy (non-hydrogen) atoms. The van der Waals surface area contributed by atoms with Gasteiger partial charge in [-0.1, -0.05) is 33.1 Å². The highest BCUT2D eigenvalue weighted by molar-refractivity contribution is 5.81. The minimum atomic E-state index is -0.424. The van der Waals surface area contributed by atoms with Crippen LogP contribution in [0.4, 0.5) is 0 Å². The lowest BCUT2D eigenvalue weighted by Gasteiger charge is -2.45. The third-order valence-electron chi connectivity index (χ3n) is 4.74. The van der Waals surface area contributed by atoms with Gasteiger partial charge in [-0.05, 0) is 44.4 Å². The number of hydrogen-bond donors (Lipinski definition) is 1. The largest absolute Gasteiger partial charge is 0.465 e. The van der Waals surface area contributed by atoms with Gasteiger partial charge in [0.25, 0.3) is 0 Å². The number of carbonyl (C=O) groups is 1. The minimum Gasteiger partial charge on any atom is -0.465 e. The molecule has 0 radical (unpaired) electrons. The number of esters is 1. The van der Waals surface area contributed by atoms with Gasteiger partial charge >= 0.3 is 5.97 Å². The molecule has 1 unspecified atom stereocenters. The second-order valence-electron chi connectivity index (χ2n) is 7.12. The lowest BCUT2D eigenvalue weighted by molar-refractivity contribution is -0.155. The van der Waals surface area contributed by atoms with Crippen molar-refractivity contribution >= 4 is 5.97 Å². The van der Waals surface area contributed by atoms with Crippen LogP contribution in [0.5, 0.6) is 0 Å². The van der Waals surface area contributed by atoms with Crippen LogP contribution in [0, 0.1) is 5.41 Å². The van der Waals surface area contributed by atoms with Crippen molar-refractivity contribution in [3.05, 3.63) is 0 Å². The zero-order valence-corrected chi connectivity index (χ0v) is 12.8. The SMILES string of the molecule is CCOC(=O)C1(NC2CCCC2)CCCC(C)(C)C1. The van der Waals surface area contributed by atoms with Crippen molar-refractivity contribution in [3.8, 4) is 0 Å². The highest BCUT2D eigenvalue weighted by Crippen LogP contribution is 2.42. The van der Waals surface area contributed by atoms with Crippen LogP contribution in [-0.4, -0.2) is 24.2 Å². The van der Waals surface area contributed by atoms with E-state index in [1.54, 1.807) is 0 Å². The monoisotopic (exact) mass is 267 g/mol. The average Bonchev–Trinajstić information content (AvgIpc) is 2.80. The van der Waals surface area contributed by atoms with E-state index in [0.717, 1.165) is 19.3 Å². The fraction of sp³-hybridized carbons (Fsp3) is 0.938. The molecule has 1 N–H and O–H groups in total. The minimum absolute atomic E-state index is 0.0188. The van der Waals surface area contributed by atoms with Crippen LogP contribution in [0.3, 0.4) is 0 Å². The summed E-state index contributed by atoms with van der Waals surface area (Å²) in [5, 5.41) is 3.70. The van der Waals surface area contributed by atoms with E-state index in [2.05, 4.69) is 19.2 Å². The smallest absolute Gasteiger partial charge is 0.326 e. The normalized spacial score (nSPS) is 31.3. The Labute approximate surface area is 117 Å². The molecule has 2 aliphatic rings. The van der Waals surface area contributed by atoms with Crippen molar-refractivity contribution in [2.45, 2.75) is 83.7 Å². The summed E-state index contributed by atoms with van der Waals surface area (Å²) in [4.78, 5) is 12.5. The van der Waals surface area contributed by atoms with E-state index in [1.807, 2.05) is 6.92 Å². The first-order valence-electron chi connectivity index (χ1n) is 7.92. The molecule has 2 saturated carbocycles. The Morgan fingerprint density at radius 1 is 1.21 bits per heavy atom. The first-order valence-corrected chi connectivity index (χ1v) is 7.92. The molecular weight excluding hydrogens is 238 g/mol. The van der Waals surface area contributed by atoms with Gasteiger partial charge < -0.3 is 4.74 Å². The second kappa shape index (κ2) is 5.82. The fourth-order valence-electron chi connectivity index (χ4n) is 3.95. The molecule has 3 nitrogen and oxygen atoms in total. The maximum Gasteiger partial charge on any atom is 0.326 e. The maximum atomic E-state index is 12.5. The van der Waals surface area contributed by atoms with Gasteiger partial charge in [0.2, 0.25) is 0 Å². The van der Waals surface area contributed by atoms with Crippen LogP contribution in [0.15, 0.2) is 0 Å². The zero-order chi connectivity index (χ0) is 13.9. The predicted octanol–water partition coefficient (Wildman–Crippen LogP) is 3.42. The molecule has 0 spiro atoms. The van der Waals surface area contributed by atoms with Crippen molar-refractivity contribution < 1.29 is 9.53 Å². The third-order valence-corrected chi connectivity index (χ3v) is 4.74. The fourth-order valence-corrected chi connectivity index (χ4v) is 3.95. The zero-order valence-electron chi connectivity index (χ0n) is 12.8. The van der Waals surface area contributed by atoms with E-state index in [-0.39, 0.29) is 11.4 Å². The van der Waals surface area contributed by atoms with E-state index in [9.17, 15) is 4.79 Å². The predicted molar refractivity (Wildman–Crippen MR) is 77.0 cm³/mol. The van der Waals surface area contributed by atoms with Crippen LogP contribution in [-0.2, 0) is 9.53 Å². The van der Waals surface area contributed by atoms with E-state index in [1.165, 1.54) is 32.1 Å². The van der Waals surface area contributed by atoms with E-state index in [0.29, 0.717) is 12.6 Å². The second-order valence-corrected chi connectivity index (χ2v) is 7.12. The molecule has 0 saturated heterocycles. The molecule has 0 aromatic carbocycles. The van der Waals surface area contributed by atoms with E-state index < -0.39 is 5.54 Å². The van der Waals surface area contributed by atoms with Gasteiger partial charge in [0.1, 0.15) is 5.54 Å². The molecule has 1 atom stereocenters. The Morgan fingerprint density at radius 2 is 1.89 bits per heavy atom. The molecule has 0 aromatic heterocycles. The summed E-state index contributed by atoms with van der Waals surface area (Å²) in [6, 6.07) is 0.512. The third kappa shape index (κ3) is 3.50. The first kappa shape index (κ1) is 14.8. The highest BCUT2D eigenvalue weighted by Gasteiger charge is 2.47. The van der Waals surface area contributed by atoms with Crippen LogP contribution in [0.1, 0.15) is 72.1 Å². The van der Waals surface area contributed by atoms with Crippen molar-refractivity contribution in [1.82, 2.24) is 5.32 Å². The molecule has 0 aromatic rings. The van der Waals surface area contributed by atoms with Crippen LogP contribution >= 0.6 is 0 Å². The summed E-state index contributed by atoms with van der Waals surface area (Å²) in [5.74, 6) is -0.0188. The highest BCUT2D eigenvalue weighted by atomic mass is 16.5. The topological polar surface area (TPSA) is 38.3 Å². The van der Waals surface area contributed by atoms with Crippen molar-refractivity contribution in [2.24, 2.45) is 5.41 Å². The molecule has 2 fully saturated rings. The van der Waals surface area contributed by atoms with Gasteiger partial charge in [0, 0.05) is 6.04 Å². The average molecular weight is 267 g/mol. The Bertz CT molecular complexity index is 321. The summed E-state index contributed by atoms with van der Waals surface area (Å²) >= 11 is 0. The molecule has 2 aliphatic carbocycles. The molecule has 110 valence electrons. The molecule has 0 amide bonds. The maximum absolute atomic E-state index is 12.5. The molecular formula is C16H29NO2. The molecule has 2 rings (SSSR count). The quantitative estimate of drug-likeness (QED) is 0.793. The summed E-state index contributed by atoms with van der Waals surface area (Å²) in [7, 11) is 0. The molecule has 0 heterocycles. The number of carbonyl (C=O) groups excluding carboxylic acids is 1. The van der Waals surface area contributed by atoms with Crippen molar-refractivity contribution in [2.75, 3.05) is 6.61 Å². The summed E-state index contributed by atoms with van der Waals surface area (Å²) in [5.41, 5.74) is -0.191. The van der Waals surface area contributed by atoms with Crippen LogP contribution < -0.4 is 5.32 Å². The standard InChI is InChI=1S/C16H29NO2/c1-4-19-14(18)16(17-13-8-5-6-9-13)11-7-10-15(2,3)12-16/h13,17H,4-12H2,1-3H3. The first-order chi connectivity index (χ1) is 8.97. The van der Waals surface area contributed by atoms with Gasteiger partial charge in [-0.3, -0.25) is 10.1 Å². The summed E-state index contributed by atoms with van der Waals surface area (Å²) in [6.45, 7) is 6.93. The lowest BCUT2D eigenvalue weighted by atomic mass is 9.67. The number of rotatable bonds is 4. The Morgan fingerprint density at radius 3 is 2.47 bits per heavy atom. The Kier molecular flexibility index (Phi) is 4.54. The van der Waals surface area contributed by atoms with Crippen molar-refractivity contribution in [3.63, 3.8) is 0 Å². The lowest BCUT2D eigenvalue weighted by Crippen LogP contribution is -2.59. The van der Waals surface area contributed by atoms with E-state index in [4.69, 9.17) is 4.74 Å². The van der Waals surface area contributed by atoms with Crippen molar-refractivity contribution in [1.29, 1.82) is 0 Å². The van der Waals surface area contributed by atoms with Gasteiger partial charge in [0.05, 0.1) is 6.61 Å². The van der Waals surface area contributed by atoms with Gasteiger partial charge in [0.15, 0.2) is 0 Å². The van der Waals surface area contributed by atoms with Gasteiger partial charge in [-0.25, -0.2) is 0 Å². The Balaban J connectivity index is 2.13. The van der Waals surface area contributed by atoms with Crippen LogP contribution in [0.25, 0.3) is 0 Å². The molecule has 3 heteroatoms. The van der Waals surface area contributed by atoms with E-state index >= 15 is 0 Å². The number of nitrogens with one attached hydrogen (secondary N) is 1.